The lowest BCUT2D eigenvalue weighted by Gasteiger charge is -2.15. The van der Waals surface area contributed by atoms with Crippen LogP contribution in [0.15, 0.2) is 34.9 Å². The molecule has 5 N–H and O–H groups in total. The van der Waals surface area contributed by atoms with Crippen LogP contribution in [0.25, 0.3) is 11.3 Å². The van der Waals surface area contributed by atoms with E-state index in [-0.39, 0.29) is 28.5 Å². The van der Waals surface area contributed by atoms with Crippen molar-refractivity contribution in [3.05, 3.63) is 47.2 Å². The number of anilines is 2. The molecule has 0 aliphatic heterocycles. The molecule has 1 atom stereocenters. The summed E-state index contributed by atoms with van der Waals surface area (Å²) in [7, 11) is 0. The minimum atomic E-state index is -3.00. The Morgan fingerprint density at radius 3 is 2.48 bits per heavy atom. The molecule has 0 aliphatic rings. The molecule has 3 rings (SSSR count). The highest BCUT2D eigenvalue weighted by Crippen LogP contribution is 2.30. The number of nitrogens with two attached hydrogens (primary N) is 2. The van der Waals surface area contributed by atoms with Gasteiger partial charge in [0.25, 0.3) is 5.91 Å². The van der Waals surface area contributed by atoms with Crippen molar-refractivity contribution < 1.29 is 22.3 Å². The number of primary amides is 1. The van der Waals surface area contributed by atoms with Gasteiger partial charge in [-0.25, -0.2) is 4.68 Å². The first kappa shape index (κ1) is 16.9. The predicted molar refractivity (Wildman–Crippen MR) is 128 cm³/mol. The molecule has 2 heterocycles. The summed E-state index contributed by atoms with van der Waals surface area (Å²) >= 11 is 0. The lowest BCUT2D eigenvalue weighted by Crippen LogP contribution is -2.18. The highest BCUT2D eigenvalue weighted by Gasteiger charge is 2.24. The zero-order valence-corrected chi connectivity index (χ0v) is 19.0. The van der Waals surface area contributed by atoms with Gasteiger partial charge in [-0.3, -0.25) is 14.9 Å². The second kappa shape index (κ2) is 9.09. The molecule has 176 valence electrons. The Morgan fingerprint density at radius 2 is 1.91 bits per heavy atom. The minimum Gasteiger partial charge on any atom is -0.383 e. The first-order valence-corrected chi connectivity index (χ1v) is 10.3. The smallest absolute Gasteiger partial charge is 0.254 e. The number of carbonyl (C=O) groups is 2. The van der Waals surface area contributed by atoms with Crippen molar-refractivity contribution in [3.63, 3.8) is 0 Å². The van der Waals surface area contributed by atoms with Gasteiger partial charge in [-0.15, -0.1) is 0 Å². The second-order valence-electron chi connectivity index (χ2n) is 9.07. The number of rotatable bonds is 7. The number of aromatic nitrogens is 3. The van der Waals surface area contributed by atoms with Crippen molar-refractivity contribution >= 4 is 23.5 Å². The van der Waals surface area contributed by atoms with Crippen LogP contribution in [0.2, 0.25) is 0 Å². The van der Waals surface area contributed by atoms with Gasteiger partial charge in [-0.1, -0.05) is 50.2 Å². The SMILES string of the molecule is [2H]C([2H])([2H])C(n1nc(-c2ccc(C(C)C(=O)Nc3cc(CC(C)(C)C)no3)cc2)c(C(N)=O)c1N)C([2H])([2H])[2H]. The minimum absolute atomic E-state index is 0.00245. The monoisotopic (exact) mass is 458 g/mol. The quantitative estimate of drug-likeness (QED) is 0.486. The molecule has 0 saturated heterocycles. The van der Waals surface area contributed by atoms with Crippen LogP contribution in [0.4, 0.5) is 11.7 Å². The Balaban J connectivity index is 1.88. The van der Waals surface area contributed by atoms with Crippen molar-refractivity contribution in [1.82, 2.24) is 14.9 Å². The summed E-state index contributed by atoms with van der Waals surface area (Å²) in [5.41, 5.74) is 12.8. The van der Waals surface area contributed by atoms with E-state index in [0.717, 1.165) is 5.69 Å². The van der Waals surface area contributed by atoms with E-state index in [0.29, 0.717) is 22.2 Å². The van der Waals surface area contributed by atoms with Gasteiger partial charge >= 0.3 is 0 Å². The fraction of sp³-hybridized carbons (Fsp3) is 0.417. The van der Waals surface area contributed by atoms with Gasteiger partial charge in [0, 0.05) is 25.9 Å². The van der Waals surface area contributed by atoms with Crippen LogP contribution in [0.1, 0.15) is 83.2 Å². The number of nitrogens with zero attached hydrogens (tertiary/aromatic N) is 3. The van der Waals surface area contributed by atoms with E-state index in [4.69, 9.17) is 24.2 Å². The average Bonchev–Trinajstić information content (AvgIpc) is 3.34. The largest absolute Gasteiger partial charge is 0.383 e. The summed E-state index contributed by atoms with van der Waals surface area (Å²) in [6.07, 6.45) is 0.677. The molecule has 0 aliphatic carbocycles. The molecule has 0 spiro atoms. The zero-order chi connectivity index (χ0) is 29.5. The number of nitrogen functional groups attached to an aromatic ring is 1. The molecule has 0 fully saturated rings. The van der Waals surface area contributed by atoms with Gasteiger partial charge in [-0.2, -0.15) is 5.10 Å². The summed E-state index contributed by atoms with van der Waals surface area (Å²) in [5, 5.41) is 10.8. The van der Waals surface area contributed by atoms with Crippen molar-refractivity contribution in [2.24, 2.45) is 11.1 Å². The van der Waals surface area contributed by atoms with Crippen LogP contribution in [0.3, 0.4) is 0 Å². The summed E-state index contributed by atoms with van der Waals surface area (Å²) < 4.78 is 52.0. The number of benzene rings is 1. The van der Waals surface area contributed by atoms with Gasteiger partial charge in [0.15, 0.2) is 0 Å². The summed E-state index contributed by atoms with van der Waals surface area (Å²) in [4.78, 5) is 25.0. The molecule has 2 amide bonds. The molecule has 2 aromatic heterocycles. The zero-order valence-electron chi connectivity index (χ0n) is 25.0. The van der Waals surface area contributed by atoms with E-state index in [1.54, 1.807) is 37.3 Å². The van der Waals surface area contributed by atoms with Crippen molar-refractivity contribution in [3.8, 4) is 11.3 Å². The molecular weight excluding hydrogens is 420 g/mol. The fourth-order valence-electron chi connectivity index (χ4n) is 3.40. The lowest BCUT2D eigenvalue weighted by atomic mass is 9.91. The van der Waals surface area contributed by atoms with Crippen LogP contribution in [-0.4, -0.2) is 26.8 Å². The Bertz CT molecular complexity index is 1340. The van der Waals surface area contributed by atoms with Crippen LogP contribution in [0, 0.1) is 5.41 Å². The number of carbonyl (C=O) groups excluding carboxylic acids is 2. The maximum Gasteiger partial charge on any atom is 0.254 e. The van der Waals surface area contributed by atoms with Gasteiger partial charge in [0.2, 0.25) is 11.8 Å². The van der Waals surface area contributed by atoms with E-state index in [9.17, 15) is 9.59 Å². The molecule has 1 unspecified atom stereocenters. The Kier molecular flexibility index (Phi) is 4.66. The molecule has 1 aromatic carbocycles. The summed E-state index contributed by atoms with van der Waals surface area (Å²) in [6.45, 7) is 1.89. The molecule has 0 saturated carbocycles. The first-order chi connectivity index (χ1) is 17.8. The molecule has 0 bridgehead atoms. The highest BCUT2D eigenvalue weighted by atomic mass is 16.5. The standard InChI is InChI=1S/C24H32N6O3/c1-13(2)30-21(25)19(22(26)31)20(28-30)16-9-7-15(8-10-16)14(3)23(32)27-18-11-17(29-33-18)12-24(4,5)6/h7-11,13-14H,12,25H2,1-6H3,(H2,26,31)(H,27,32)/i1D3,2D3. The van der Waals surface area contributed by atoms with Crippen LogP contribution < -0.4 is 16.8 Å². The summed E-state index contributed by atoms with van der Waals surface area (Å²) in [6, 6.07) is 5.92. The Hall–Kier alpha value is -3.62. The number of amides is 2. The van der Waals surface area contributed by atoms with Crippen LogP contribution in [-0.2, 0) is 11.2 Å². The van der Waals surface area contributed by atoms with Crippen molar-refractivity contribution in [1.29, 1.82) is 0 Å². The summed E-state index contributed by atoms with van der Waals surface area (Å²) in [5.74, 6) is -2.19. The van der Waals surface area contributed by atoms with E-state index in [1.807, 2.05) is 0 Å². The average molecular weight is 459 g/mol. The van der Waals surface area contributed by atoms with Crippen LogP contribution in [0.5, 0.6) is 0 Å². The Labute approximate surface area is 201 Å². The van der Waals surface area contributed by atoms with Gasteiger partial charge in [-0.05, 0) is 38.0 Å². The topological polar surface area (TPSA) is 142 Å². The molecule has 33 heavy (non-hydrogen) atoms. The van der Waals surface area contributed by atoms with Crippen molar-refractivity contribution in [2.45, 2.75) is 59.8 Å². The highest BCUT2D eigenvalue weighted by molar-refractivity contribution is 6.03. The number of hydrogen-bond donors (Lipinski definition) is 3. The Morgan fingerprint density at radius 1 is 1.24 bits per heavy atom. The van der Waals surface area contributed by atoms with E-state index in [1.165, 1.54) is 0 Å². The third-order valence-corrected chi connectivity index (χ3v) is 5.03. The second-order valence-corrected chi connectivity index (χ2v) is 9.07. The van der Waals surface area contributed by atoms with Crippen molar-refractivity contribution in [2.75, 3.05) is 11.1 Å². The third kappa shape index (κ3) is 5.42. The molecular formula is C24H32N6O3. The first-order valence-electron chi connectivity index (χ1n) is 13.3. The fourth-order valence-corrected chi connectivity index (χ4v) is 3.40. The van der Waals surface area contributed by atoms with E-state index < -0.39 is 37.4 Å². The van der Waals surface area contributed by atoms with Gasteiger partial charge in [0.1, 0.15) is 17.1 Å². The van der Waals surface area contributed by atoms with E-state index in [2.05, 4.69) is 36.3 Å². The van der Waals surface area contributed by atoms with E-state index >= 15 is 0 Å². The molecule has 3 aromatic rings. The number of hydrogen-bond acceptors (Lipinski definition) is 6. The predicted octanol–water partition coefficient (Wildman–Crippen LogP) is 4.13. The van der Waals surface area contributed by atoms with Gasteiger partial charge < -0.3 is 16.0 Å². The van der Waals surface area contributed by atoms with Gasteiger partial charge in [0.05, 0.1) is 11.6 Å². The maximum atomic E-state index is 12.8. The molecule has 9 nitrogen and oxygen atoms in total. The maximum absolute atomic E-state index is 12.8. The molecule has 9 heteroatoms. The molecule has 0 radical (unpaired) electrons. The number of nitrogens with one attached hydrogen (secondary N) is 1. The lowest BCUT2D eigenvalue weighted by molar-refractivity contribution is -0.117. The third-order valence-electron chi connectivity index (χ3n) is 5.03. The normalized spacial score (nSPS) is 16.2. The van der Waals surface area contributed by atoms with Crippen LogP contribution >= 0.6 is 0 Å².